The molecule has 2 aromatic carbocycles. The van der Waals surface area contributed by atoms with E-state index in [0.29, 0.717) is 34.3 Å². The van der Waals surface area contributed by atoms with Crippen LogP contribution in [0.5, 0.6) is 11.5 Å². The zero-order valence-electron chi connectivity index (χ0n) is 14.6. The van der Waals surface area contributed by atoms with Crippen molar-refractivity contribution in [2.75, 3.05) is 19.6 Å². The molecule has 1 heterocycles. The number of hydrogen-bond acceptors (Lipinski definition) is 3. The Balaban J connectivity index is 2.12. The first-order chi connectivity index (χ1) is 12.6. The quantitative estimate of drug-likeness (QED) is 0.444. The maximum atomic E-state index is 12.8. The summed E-state index contributed by atoms with van der Waals surface area (Å²) in [6, 6.07) is 12.8. The molecule has 6 heteroatoms. The van der Waals surface area contributed by atoms with Gasteiger partial charge in [-0.15, -0.1) is 11.6 Å². The molecule has 0 aliphatic rings. The van der Waals surface area contributed by atoms with Crippen molar-refractivity contribution in [1.29, 1.82) is 0 Å². The Hall–Kier alpha value is -2.17. The van der Waals surface area contributed by atoms with Gasteiger partial charge < -0.3 is 14.0 Å². The summed E-state index contributed by atoms with van der Waals surface area (Å²) in [5.41, 5.74) is 2.14. The van der Waals surface area contributed by atoms with Crippen molar-refractivity contribution < 1.29 is 9.47 Å². The summed E-state index contributed by atoms with van der Waals surface area (Å²) in [5.74, 6) is 1.63. The van der Waals surface area contributed by atoms with Crippen LogP contribution in [-0.2, 0) is 7.05 Å². The van der Waals surface area contributed by atoms with Gasteiger partial charge in [0.1, 0.15) is 5.75 Å². The van der Waals surface area contributed by atoms with Crippen molar-refractivity contribution in [3.05, 3.63) is 57.7 Å². The Bertz CT molecular complexity index is 981. The van der Waals surface area contributed by atoms with Gasteiger partial charge in [0.15, 0.2) is 5.75 Å². The fraction of sp³-hybridized carbons (Fsp3) is 0.250. The van der Waals surface area contributed by atoms with Crippen molar-refractivity contribution in [3.8, 4) is 22.8 Å². The lowest BCUT2D eigenvalue weighted by Gasteiger charge is -2.17. The maximum Gasteiger partial charge on any atom is 0.231 e. The highest BCUT2D eigenvalue weighted by atomic mass is 35.5. The average Bonchev–Trinajstić information content (AvgIpc) is 2.65. The Morgan fingerprint density at radius 2 is 1.85 bits per heavy atom. The summed E-state index contributed by atoms with van der Waals surface area (Å²) in [5, 5.41) is 1.14. The highest BCUT2D eigenvalue weighted by Gasteiger charge is 2.17. The van der Waals surface area contributed by atoms with Crippen LogP contribution >= 0.6 is 23.2 Å². The van der Waals surface area contributed by atoms with Crippen LogP contribution in [0.1, 0.15) is 6.42 Å². The number of methoxy groups -OCH3 is 1. The smallest absolute Gasteiger partial charge is 0.231 e. The largest absolute Gasteiger partial charge is 0.494 e. The second kappa shape index (κ2) is 8.02. The summed E-state index contributed by atoms with van der Waals surface area (Å²) in [6.45, 7) is 0.569. The molecule has 0 aliphatic heterocycles. The molecule has 136 valence electrons. The number of hydrogen-bond donors (Lipinski definition) is 0. The van der Waals surface area contributed by atoms with Crippen molar-refractivity contribution in [1.82, 2.24) is 4.57 Å². The number of pyridine rings is 1. The molecular formula is C20H19Cl2NO3. The van der Waals surface area contributed by atoms with Crippen LogP contribution < -0.4 is 14.9 Å². The van der Waals surface area contributed by atoms with Crippen LogP contribution in [0.25, 0.3) is 22.2 Å². The lowest BCUT2D eigenvalue weighted by Crippen LogP contribution is -2.14. The normalized spacial score (nSPS) is 10.9. The van der Waals surface area contributed by atoms with Crippen molar-refractivity contribution in [2.45, 2.75) is 6.42 Å². The molecule has 0 fully saturated rings. The molecule has 0 N–H and O–H groups in total. The van der Waals surface area contributed by atoms with Gasteiger partial charge in [0.25, 0.3) is 0 Å². The first-order valence-electron chi connectivity index (χ1n) is 8.22. The standard InChI is InChI=1S/C20H19Cl2NO3/c1-23-17-12-14(22)6-9-16(17)19(24)20(25-2)18(23)13-4-7-15(8-5-13)26-11-3-10-21/h4-9,12H,3,10-11H2,1-2H3. The minimum atomic E-state index is -0.158. The number of ether oxygens (including phenoxy) is 2. The van der Waals surface area contributed by atoms with Crippen molar-refractivity contribution >= 4 is 34.1 Å². The van der Waals surface area contributed by atoms with Crippen LogP contribution in [0.4, 0.5) is 0 Å². The van der Waals surface area contributed by atoms with Crippen LogP contribution in [0.3, 0.4) is 0 Å². The van der Waals surface area contributed by atoms with E-state index in [1.54, 1.807) is 18.2 Å². The van der Waals surface area contributed by atoms with Crippen LogP contribution in [-0.4, -0.2) is 24.2 Å². The monoisotopic (exact) mass is 391 g/mol. The molecule has 4 nitrogen and oxygen atoms in total. The van der Waals surface area contributed by atoms with Gasteiger partial charge in [-0.3, -0.25) is 4.79 Å². The van der Waals surface area contributed by atoms with Crippen molar-refractivity contribution in [2.24, 2.45) is 7.05 Å². The van der Waals surface area contributed by atoms with E-state index in [4.69, 9.17) is 32.7 Å². The summed E-state index contributed by atoms with van der Waals surface area (Å²) in [6.07, 6.45) is 0.789. The van der Waals surface area contributed by atoms with Crippen LogP contribution in [0, 0.1) is 0 Å². The van der Waals surface area contributed by atoms with Crippen LogP contribution in [0.2, 0.25) is 5.02 Å². The fourth-order valence-corrected chi connectivity index (χ4v) is 3.22. The summed E-state index contributed by atoms with van der Waals surface area (Å²) in [4.78, 5) is 12.8. The molecule has 0 unspecified atom stereocenters. The molecule has 1 aromatic heterocycles. The molecule has 0 saturated carbocycles. The lowest BCUT2D eigenvalue weighted by atomic mass is 10.1. The maximum absolute atomic E-state index is 12.8. The Morgan fingerprint density at radius 3 is 2.50 bits per heavy atom. The van der Waals surface area contributed by atoms with Gasteiger partial charge in [0.2, 0.25) is 5.43 Å². The molecule has 0 aliphatic carbocycles. The predicted molar refractivity (Wildman–Crippen MR) is 107 cm³/mol. The zero-order valence-corrected chi connectivity index (χ0v) is 16.1. The lowest BCUT2D eigenvalue weighted by molar-refractivity contribution is 0.318. The predicted octanol–water partition coefficient (Wildman–Crippen LogP) is 4.88. The minimum absolute atomic E-state index is 0.158. The molecule has 0 radical (unpaired) electrons. The van der Waals surface area contributed by atoms with Crippen LogP contribution in [0.15, 0.2) is 47.3 Å². The third-order valence-corrected chi connectivity index (χ3v) is 4.70. The molecule has 0 saturated heterocycles. The van der Waals surface area contributed by atoms with E-state index in [1.807, 2.05) is 35.9 Å². The fourth-order valence-electron chi connectivity index (χ4n) is 2.94. The number of halogens is 2. The topological polar surface area (TPSA) is 40.5 Å². The van der Waals surface area contributed by atoms with Gasteiger partial charge >= 0.3 is 0 Å². The molecule has 0 spiro atoms. The second-order valence-electron chi connectivity index (χ2n) is 5.85. The highest BCUT2D eigenvalue weighted by molar-refractivity contribution is 6.31. The Labute approximate surface area is 161 Å². The molecule has 0 bridgehead atoms. The van der Waals surface area contributed by atoms with Gasteiger partial charge in [-0.1, -0.05) is 11.6 Å². The number of aromatic nitrogens is 1. The van der Waals surface area contributed by atoms with E-state index in [2.05, 4.69) is 0 Å². The third kappa shape index (κ3) is 3.53. The van der Waals surface area contributed by atoms with E-state index in [1.165, 1.54) is 7.11 Å². The van der Waals surface area contributed by atoms with Gasteiger partial charge in [-0.05, 0) is 48.9 Å². The zero-order chi connectivity index (χ0) is 18.7. The second-order valence-corrected chi connectivity index (χ2v) is 6.66. The van der Waals surface area contributed by atoms with E-state index in [9.17, 15) is 4.79 Å². The molecule has 3 rings (SSSR count). The van der Waals surface area contributed by atoms with Gasteiger partial charge in [-0.25, -0.2) is 0 Å². The molecule has 26 heavy (non-hydrogen) atoms. The Morgan fingerprint density at radius 1 is 1.12 bits per heavy atom. The van der Waals surface area contributed by atoms with Gasteiger partial charge in [0.05, 0.1) is 24.9 Å². The summed E-state index contributed by atoms with van der Waals surface area (Å²) in [7, 11) is 3.40. The number of nitrogens with zero attached hydrogens (tertiary/aromatic N) is 1. The van der Waals surface area contributed by atoms with Crippen molar-refractivity contribution in [3.63, 3.8) is 0 Å². The van der Waals surface area contributed by atoms with E-state index in [0.717, 1.165) is 23.3 Å². The molecule has 0 atom stereocenters. The third-order valence-electron chi connectivity index (χ3n) is 4.20. The van der Waals surface area contributed by atoms with E-state index >= 15 is 0 Å². The number of rotatable bonds is 6. The van der Waals surface area contributed by atoms with Gasteiger partial charge in [-0.2, -0.15) is 0 Å². The molecule has 0 amide bonds. The molecular weight excluding hydrogens is 373 g/mol. The SMILES string of the molecule is COc1c(-c2ccc(OCCCCl)cc2)n(C)c2cc(Cl)ccc2c1=O. The first-order valence-corrected chi connectivity index (χ1v) is 9.13. The summed E-state index contributed by atoms with van der Waals surface area (Å²) < 4.78 is 13.0. The molecule has 3 aromatic rings. The summed E-state index contributed by atoms with van der Waals surface area (Å²) >= 11 is 11.8. The van der Waals surface area contributed by atoms with Gasteiger partial charge in [0, 0.05) is 28.9 Å². The average molecular weight is 392 g/mol. The van der Waals surface area contributed by atoms with E-state index in [-0.39, 0.29) is 5.43 Å². The minimum Gasteiger partial charge on any atom is -0.494 e. The number of alkyl halides is 1. The van der Waals surface area contributed by atoms with E-state index < -0.39 is 0 Å². The highest BCUT2D eigenvalue weighted by Crippen LogP contribution is 2.32. The Kier molecular flexibility index (Phi) is 5.74. The number of aryl methyl sites for hydroxylation is 1. The number of benzene rings is 2. The number of fused-ring (bicyclic) bond motifs is 1. The first kappa shape index (κ1) is 18.6.